The monoisotopic (exact) mass is 337 g/mol. The van der Waals surface area contributed by atoms with E-state index in [1.807, 2.05) is 49.4 Å². The molecule has 1 N–H and O–H groups in total. The molecule has 0 radical (unpaired) electrons. The van der Waals surface area contributed by atoms with Gasteiger partial charge in [-0.3, -0.25) is 9.20 Å². The maximum atomic E-state index is 12.6. The Labute approximate surface area is 142 Å². The number of carbonyl (C=O) groups excluding carboxylic acids is 1. The van der Waals surface area contributed by atoms with Gasteiger partial charge in [0.1, 0.15) is 6.33 Å². The Bertz CT molecular complexity index is 1100. The van der Waals surface area contributed by atoms with E-state index < -0.39 is 0 Å². The molecule has 24 heavy (non-hydrogen) atoms. The van der Waals surface area contributed by atoms with Gasteiger partial charge in [0.05, 0.1) is 15.2 Å². The Morgan fingerprint density at radius 1 is 1.17 bits per heavy atom. The number of aryl methyl sites for hydroxylation is 3. The van der Waals surface area contributed by atoms with E-state index in [0.29, 0.717) is 11.3 Å². The predicted octanol–water partition coefficient (Wildman–Crippen LogP) is 3.52. The van der Waals surface area contributed by atoms with Gasteiger partial charge in [0.2, 0.25) is 0 Å². The number of thiazole rings is 1. The molecule has 120 valence electrons. The first-order valence-electron chi connectivity index (χ1n) is 7.51. The molecule has 0 atom stereocenters. The van der Waals surface area contributed by atoms with Crippen LogP contribution in [0.15, 0.2) is 30.6 Å². The lowest BCUT2D eigenvalue weighted by molar-refractivity contribution is 0.102. The number of hydrogen-bond acceptors (Lipinski definition) is 5. The predicted molar refractivity (Wildman–Crippen MR) is 94.8 cm³/mol. The van der Waals surface area contributed by atoms with Crippen LogP contribution in [0.2, 0.25) is 0 Å². The average molecular weight is 337 g/mol. The lowest BCUT2D eigenvalue weighted by Crippen LogP contribution is -2.13. The van der Waals surface area contributed by atoms with Gasteiger partial charge >= 0.3 is 0 Å². The van der Waals surface area contributed by atoms with E-state index in [1.165, 1.54) is 0 Å². The van der Waals surface area contributed by atoms with Gasteiger partial charge < -0.3 is 5.32 Å². The number of hydrogen-bond donors (Lipinski definition) is 1. The minimum absolute atomic E-state index is 0.268. The summed E-state index contributed by atoms with van der Waals surface area (Å²) >= 11 is 1.60. The van der Waals surface area contributed by atoms with Crippen LogP contribution in [0.3, 0.4) is 0 Å². The second-order valence-electron chi connectivity index (χ2n) is 5.70. The first-order chi connectivity index (χ1) is 11.5. The van der Waals surface area contributed by atoms with Crippen LogP contribution >= 0.6 is 11.3 Å². The van der Waals surface area contributed by atoms with Crippen molar-refractivity contribution in [2.75, 3.05) is 5.32 Å². The van der Waals surface area contributed by atoms with Crippen molar-refractivity contribution in [3.05, 3.63) is 52.7 Å². The number of nitrogens with zero attached hydrogens (tertiary/aromatic N) is 4. The van der Waals surface area contributed by atoms with E-state index in [0.717, 1.165) is 32.3 Å². The van der Waals surface area contributed by atoms with Gasteiger partial charge in [0.25, 0.3) is 5.91 Å². The zero-order valence-corrected chi connectivity index (χ0v) is 14.3. The number of fused-ring (bicyclic) bond motifs is 2. The highest BCUT2D eigenvalue weighted by molar-refractivity contribution is 7.18. The zero-order chi connectivity index (χ0) is 16.8. The van der Waals surface area contributed by atoms with E-state index in [4.69, 9.17) is 0 Å². The molecule has 0 aliphatic carbocycles. The fourth-order valence-electron chi connectivity index (χ4n) is 2.75. The molecule has 4 rings (SSSR count). The summed E-state index contributed by atoms with van der Waals surface area (Å²) < 4.78 is 2.86. The molecule has 0 spiro atoms. The molecule has 0 unspecified atom stereocenters. The molecule has 1 aromatic carbocycles. The standard InChI is InChI=1S/C17H15N5OS/c1-9-6-10(2)22-8-18-15(16(22)19-9)17(23)21-12-4-5-13-14(7-12)24-11(3)20-13/h4-8H,1-3H3,(H,21,23). The number of nitrogens with one attached hydrogen (secondary N) is 1. The van der Waals surface area contributed by atoms with E-state index in [9.17, 15) is 4.79 Å². The first kappa shape index (κ1) is 14.8. The average Bonchev–Trinajstić information content (AvgIpc) is 3.09. The van der Waals surface area contributed by atoms with Gasteiger partial charge in [-0.25, -0.2) is 15.0 Å². The number of rotatable bonds is 2. The first-order valence-corrected chi connectivity index (χ1v) is 8.33. The molecule has 0 saturated heterocycles. The highest BCUT2D eigenvalue weighted by Crippen LogP contribution is 2.25. The van der Waals surface area contributed by atoms with Crippen molar-refractivity contribution in [1.82, 2.24) is 19.4 Å². The van der Waals surface area contributed by atoms with Gasteiger partial charge in [-0.1, -0.05) is 0 Å². The number of aromatic nitrogens is 4. The fraction of sp³-hybridized carbons (Fsp3) is 0.176. The number of amides is 1. The molecule has 7 heteroatoms. The summed E-state index contributed by atoms with van der Waals surface area (Å²) in [4.78, 5) is 25.7. The SMILES string of the molecule is Cc1cc(C)n2cnc(C(=O)Nc3ccc4nc(C)sc4c3)c2n1. The molecule has 3 aromatic heterocycles. The summed E-state index contributed by atoms with van der Waals surface area (Å²) in [6, 6.07) is 7.64. The molecule has 0 bridgehead atoms. The molecule has 0 aliphatic heterocycles. The molecular weight excluding hydrogens is 322 g/mol. The minimum atomic E-state index is -0.268. The third-order valence-corrected chi connectivity index (χ3v) is 4.72. The van der Waals surface area contributed by atoms with Crippen molar-refractivity contribution in [3.63, 3.8) is 0 Å². The van der Waals surface area contributed by atoms with Crippen LogP contribution in [0.25, 0.3) is 15.9 Å². The van der Waals surface area contributed by atoms with Crippen molar-refractivity contribution < 1.29 is 4.79 Å². The number of carbonyl (C=O) groups is 1. The maximum absolute atomic E-state index is 12.6. The Hall–Kier alpha value is -2.80. The van der Waals surface area contributed by atoms with Gasteiger partial charge in [0.15, 0.2) is 11.3 Å². The normalized spacial score (nSPS) is 11.3. The second kappa shape index (κ2) is 5.38. The number of imidazole rings is 1. The molecule has 0 fully saturated rings. The second-order valence-corrected chi connectivity index (χ2v) is 6.93. The molecule has 1 amide bonds. The van der Waals surface area contributed by atoms with Crippen LogP contribution in [0, 0.1) is 20.8 Å². The quantitative estimate of drug-likeness (QED) is 0.607. The Morgan fingerprint density at radius 3 is 2.83 bits per heavy atom. The van der Waals surface area contributed by atoms with Crippen molar-refractivity contribution in [2.45, 2.75) is 20.8 Å². The minimum Gasteiger partial charge on any atom is -0.320 e. The summed E-state index contributed by atoms with van der Waals surface area (Å²) in [7, 11) is 0. The lowest BCUT2D eigenvalue weighted by atomic mass is 10.3. The van der Waals surface area contributed by atoms with Crippen molar-refractivity contribution in [1.29, 1.82) is 0 Å². The van der Waals surface area contributed by atoms with E-state index in [-0.39, 0.29) is 5.91 Å². The topological polar surface area (TPSA) is 72.2 Å². The molecule has 3 heterocycles. The van der Waals surface area contributed by atoms with E-state index in [1.54, 1.807) is 17.7 Å². The van der Waals surface area contributed by atoms with Gasteiger partial charge in [0, 0.05) is 17.1 Å². The van der Waals surface area contributed by atoms with Crippen molar-refractivity contribution >= 4 is 38.8 Å². The third-order valence-electron chi connectivity index (χ3n) is 3.79. The molecule has 4 aromatic rings. The molecular formula is C17H15N5OS. The van der Waals surface area contributed by atoms with Crippen LogP contribution in [-0.2, 0) is 0 Å². The van der Waals surface area contributed by atoms with Crippen LogP contribution in [0.5, 0.6) is 0 Å². The number of benzene rings is 1. The van der Waals surface area contributed by atoms with Gasteiger partial charge in [-0.15, -0.1) is 11.3 Å². The molecule has 0 saturated carbocycles. The summed E-state index contributed by atoms with van der Waals surface area (Å²) in [5.41, 5.74) is 4.40. The Balaban J connectivity index is 1.70. The maximum Gasteiger partial charge on any atom is 0.278 e. The summed E-state index contributed by atoms with van der Waals surface area (Å²) in [5.74, 6) is -0.268. The Kier molecular flexibility index (Phi) is 3.31. The number of anilines is 1. The van der Waals surface area contributed by atoms with Crippen molar-refractivity contribution in [3.8, 4) is 0 Å². The fourth-order valence-corrected chi connectivity index (χ4v) is 3.61. The van der Waals surface area contributed by atoms with E-state index in [2.05, 4.69) is 20.3 Å². The molecule has 0 aliphatic rings. The largest absolute Gasteiger partial charge is 0.320 e. The summed E-state index contributed by atoms with van der Waals surface area (Å²) in [6.45, 7) is 5.84. The molecule has 6 nitrogen and oxygen atoms in total. The summed E-state index contributed by atoms with van der Waals surface area (Å²) in [5, 5.41) is 3.90. The highest BCUT2D eigenvalue weighted by Gasteiger charge is 2.16. The summed E-state index contributed by atoms with van der Waals surface area (Å²) in [6.07, 6.45) is 1.63. The smallest absolute Gasteiger partial charge is 0.278 e. The van der Waals surface area contributed by atoms with E-state index >= 15 is 0 Å². The van der Waals surface area contributed by atoms with Crippen LogP contribution in [0.1, 0.15) is 26.9 Å². The third kappa shape index (κ3) is 2.43. The lowest BCUT2D eigenvalue weighted by Gasteiger charge is -2.05. The highest BCUT2D eigenvalue weighted by atomic mass is 32.1. The zero-order valence-electron chi connectivity index (χ0n) is 13.5. The van der Waals surface area contributed by atoms with Gasteiger partial charge in [-0.2, -0.15) is 0 Å². The Morgan fingerprint density at radius 2 is 2.00 bits per heavy atom. The van der Waals surface area contributed by atoms with Crippen LogP contribution in [0.4, 0.5) is 5.69 Å². The van der Waals surface area contributed by atoms with Gasteiger partial charge in [-0.05, 0) is 45.0 Å². The van der Waals surface area contributed by atoms with Crippen LogP contribution < -0.4 is 5.32 Å². The van der Waals surface area contributed by atoms with Crippen LogP contribution in [-0.4, -0.2) is 25.3 Å². The van der Waals surface area contributed by atoms with Crippen molar-refractivity contribution in [2.24, 2.45) is 0 Å².